The Morgan fingerprint density at radius 1 is 1.67 bits per heavy atom. The van der Waals surface area contributed by atoms with Crippen molar-refractivity contribution in [2.75, 3.05) is 6.61 Å². The number of benzene rings is 1. The molecular weight excluding hydrogens is 223 g/mol. The summed E-state index contributed by atoms with van der Waals surface area (Å²) in [6.07, 6.45) is -1.15. The van der Waals surface area contributed by atoms with Crippen LogP contribution < -0.4 is 0 Å². The fourth-order valence-corrected chi connectivity index (χ4v) is 1.44. The zero-order valence-corrected chi connectivity index (χ0v) is 8.79. The van der Waals surface area contributed by atoms with E-state index in [1.807, 2.05) is 0 Å². The zero-order valence-electron chi connectivity index (χ0n) is 8.04. The molecule has 0 aliphatic rings. The maximum atomic E-state index is 12.7. The minimum atomic E-state index is -1.15. The second-order valence-electron chi connectivity index (χ2n) is 2.84. The summed E-state index contributed by atoms with van der Waals surface area (Å²) in [5.41, 5.74) is 0.257. The minimum Gasteiger partial charge on any atom is -0.479 e. The maximum Gasteiger partial charge on any atom is 0.337 e. The van der Waals surface area contributed by atoms with Crippen LogP contribution in [0.5, 0.6) is 0 Å². The molecule has 0 aliphatic carbocycles. The third-order valence-electron chi connectivity index (χ3n) is 1.80. The molecule has 0 saturated heterocycles. The fourth-order valence-electron chi connectivity index (χ4n) is 1.17. The molecule has 0 heterocycles. The predicted octanol–water partition coefficient (Wildman–Crippen LogP) is 2.64. The summed E-state index contributed by atoms with van der Waals surface area (Å²) >= 11 is 5.72. The molecule has 1 atom stereocenters. The molecule has 0 bridgehead atoms. The van der Waals surface area contributed by atoms with Gasteiger partial charge >= 0.3 is 5.97 Å². The van der Waals surface area contributed by atoms with Gasteiger partial charge in [-0.1, -0.05) is 17.7 Å². The lowest BCUT2D eigenvalue weighted by molar-refractivity contribution is -0.150. The van der Waals surface area contributed by atoms with Crippen LogP contribution in [0.15, 0.2) is 18.2 Å². The molecule has 15 heavy (non-hydrogen) atoms. The highest BCUT2D eigenvalue weighted by Crippen LogP contribution is 2.26. The predicted molar refractivity (Wildman–Crippen MR) is 53.4 cm³/mol. The molecular formula is C10H10ClFO3. The van der Waals surface area contributed by atoms with Crippen LogP contribution in [0.1, 0.15) is 18.6 Å². The molecule has 0 saturated carbocycles. The van der Waals surface area contributed by atoms with Gasteiger partial charge in [-0.2, -0.15) is 0 Å². The van der Waals surface area contributed by atoms with Gasteiger partial charge in [-0.25, -0.2) is 9.18 Å². The molecule has 0 radical (unpaired) electrons. The first-order chi connectivity index (χ1) is 7.06. The van der Waals surface area contributed by atoms with Crippen molar-refractivity contribution >= 4 is 17.6 Å². The molecule has 1 aromatic carbocycles. The number of rotatable bonds is 4. The first-order valence-corrected chi connectivity index (χ1v) is 4.73. The van der Waals surface area contributed by atoms with E-state index in [0.29, 0.717) is 0 Å². The van der Waals surface area contributed by atoms with E-state index in [0.717, 1.165) is 12.1 Å². The molecule has 5 heteroatoms. The number of carboxylic acid groups (broad SMARTS) is 1. The molecule has 1 aromatic rings. The van der Waals surface area contributed by atoms with Crippen LogP contribution >= 0.6 is 11.6 Å². The summed E-state index contributed by atoms with van der Waals surface area (Å²) in [5.74, 6) is -1.66. The Morgan fingerprint density at radius 2 is 2.33 bits per heavy atom. The van der Waals surface area contributed by atoms with Crippen molar-refractivity contribution < 1.29 is 19.0 Å². The highest BCUT2D eigenvalue weighted by atomic mass is 35.5. The molecule has 0 spiro atoms. The van der Waals surface area contributed by atoms with Crippen LogP contribution in [-0.2, 0) is 9.53 Å². The fraction of sp³-hybridized carbons (Fsp3) is 0.300. The van der Waals surface area contributed by atoms with Gasteiger partial charge in [0.15, 0.2) is 6.10 Å². The molecule has 0 aliphatic heterocycles. The van der Waals surface area contributed by atoms with E-state index >= 15 is 0 Å². The third-order valence-corrected chi connectivity index (χ3v) is 2.13. The first-order valence-electron chi connectivity index (χ1n) is 4.35. The highest BCUT2D eigenvalue weighted by Gasteiger charge is 2.22. The number of hydrogen-bond acceptors (Lipinski definition) is 2. The number of aliphatic carboxylic acids is 1. The second kappa shape index (κ2) is 5.09. The zero-order chi connectivity index (χ0) is 11.4. The monoisotopic (exact) mass is 232 g/mol. The van der Waals surface area contributed by atoms with Crippen molar-refractivity contribution in [1.29, 1.82) is 0 Å². The molecule has 0 fully saturated rings. The van der Waals surface area contributed by atoms with Gasteiger partial charge in [-0.3, -0.25) is 0 Å². The van der Waals surface area contributed by atoms with Gasteiger partial charge in [0.2, 0.25) is 0 Å². The normalized spacial score (nSPS) is 12.5. The summed E-state index contributed by atoms with van der Waals surface area (Å²) in [4.78, 5) is 10.8. The SMILES string of the molecule is CCOC(C(=O)O)c1ccc(F)cc1Cl. The summed E-state index contributed by atoms with van der Waals surface area (Å²) in [6.45, 7) is 1.91. The Kier molecular flexibility index (Phi) is 4.05. The molecule has 3 nitrogen and oxygen atoms in total. The standard InChI is InChI=1S/C10H10ClFO3/c1-2-15-9(10(13)14)7-4-3-6(12)5-8(7)11/h3-5,9H,2H2,1H3,(H,13,14). The van der Waals surface area contributed by atoms with Crippen molar-refractivity contribution in [3.63, 3.8) is 0 Å². The lowest BCUT2D eigenvalue weighted by Crippen LogP contribution is -2.15. The van der Waals surface area contributed by atoms with E-state index in [-0.39, 0.29) is 17.2 Å². The third kappa shape index (κ3) is 2.91. The van der Waals surface area contributed by atoms with E-state index in [9.17, 15) is 9.18 Å². The van der Waals surface area contributed by atoms with E-state index in [4.69, 9.17) is 21.4 Å². The number of ether oxygens (including phenoxy) is 1. The first kappa shape index (κ1) is 11.9. The highest BCUT2D eigenvalue weighted by molar-refractivity contribution is 6.31. The van der Waals surface area contributed by atoms with E-state index in [2.05, 4.69) is 0 Å². The Bertz CT molecular complexity index is 368. The largest absolute Gasteiger partial charge is 0.479 e. The molecule has 0 aromatic heterocycles. The Labute approximate surface area is 91.4 Å². The van der Waals surface area contributed by atoms with Crippen LogP contribution in [0.2, 0.25) is 5.02 Å². The second-order valence-corrected chi connectivity index (χ2v) is 3.25. The lowest BCUT2D eigenvalue weighted by Gasteiger charge is -2.13. The molecule has 1 rings (SSSR count). The number of carboxylic acids is 1. The van der Waals surface area contributed by atoms with Crippen LogP contribution in [-0.4, -0.2) is 17.7 Å². The Balaban J connectivity index is 3.05. The van der Waals surface area contributed by atoms with Crippen LogP contribution in [0, 0.1) is 5.82 Å². The summed E-state index contributed by atoms with van der Waals surface area (Å²) in [6, 6.07) is 3.52. The van der Waals surface area contributed by atoms with Crippen molar-refractivity contribution in [1.82, 2.24) is 0 Å². The van der Waals surface area contributed by atoms with Crippen LogP contribution in [0.4, 0.5) is 4.39 Å². The van der Waals surface area contributed by atoms with Gasteiger partial charge in [0.1, 0.15) is 5.82 Å². The van der Waals surface area contributed by atoms with Crippen molar-refractivity contribution in [3.05, 3.63) is 34.6 Å². The number of halogens is 2. The topological polar surface area (TPSA) is 46.5 Å². The lowest BCUT2D eigenvalue weighted by atomic mass is 10.1. The molecule has 1 unspecified atom stereocenters. The van der Waals surface area contributed by atoms with E-state index in [1.165, 1.54) is 6.07 Å². The Hall–Kier alpha value is -1.13. The van der Waals surface area contributed by atoms with Crippen LogP contribution in [0.3, 0.4) is 0 Å². The smallest absolute Gasteiger partial charge is 0.337 e. The van der Waals surface area contributed by atoms with Gasteiger partial charge < -0.3 is 9.84 Å². The molecule has 1 N–H and O–H groups in total. The van der Waals surface area contributed by atoms with Gasteiger partial charge in [0, 0.05) is 17.2 Å². The van der Waals surface area contributed by atoms with Crippen molar-refractivity contribution in [2.24, 2.45) is 0 Å². The number of hydrogen-bond donors (Lipinski definition) is 1. The average Bonchev–Trinajstić information content (AvgIpc) is 2.15. The Morgan fingerprint density at radius 3 is 2.80 bits per heavy atom. The van der Waals surface area contributed by atoms with Gasteiger partial charge in [0.05, 0.1) is 0 Å². The summed E-state index contributed by atoms with van der Waals surface area (Å²) in [5, 5.41) is 8.93. The van der Waals surface area contributed by atoms with E-state index < -0.39 is 17.9 Å². The average molecular weight is 233 g/mol. The van der Waals surface area contributed by atoms with Gasteiger partial charge in [-0.15, -0.1) is 0 Å². The van der Waals surface area contributed by atoms with Gasteiger partial charge in [0.25, 0.3) is 0 Å². The van der Waals surface area contributed by atoms with E-state index in [1.54, 1.807) is 6.92 Å². The number of carbonyl (C=O) groups is 1. The summed E-state index contributed by atoms with van der Waals surface area (Å²) < 4.78 is 17.7. The van der Waals surface area contributed by atoms with Crippen molar-refractivity contribution in [3.8, 4) is 0 Å². The maximum absolute atomic E-state index is 12.7. The van der Waals surface area contributed by atoms with Crippen LogP contribution in [0.25, 0.3) is 0 Å². The molecule has 0 amide bonds. The minimum absolute atomic E-state index is 0.0517. The quantitative estimate of drug-likeness (QED) is 0.868. The van der Waals surface area contributed by atoms with Crippen molar-refractivity contribution in [2.45, 2.75) is 13.0 Å². The molecule has 82 valence electrons. The van der Waals surface area contributed by atoms with Gasteiger partial charge in [-0.05, 0) is 19.1 Å². The summed E-state index contributed by atoms with van der Waals surface area (Å²) in [7, 11) is 0.